The lowest BCUT2D eigenvalue weighted by Crippen LogP contribution is -2.15. The van der Waals surface area contributed by atoms with Gasteiger partial charge in [0.25, 0.3) is 11.8 Å². The van der Waals surface area contributed by atoms with Crippen LogP contribution in [0.2, 0.25) is 0 Å². The third kappa shape index (κ3) is 5.48. The van der Waals surface area contributed by atoms with E-state index in [4.69, 9.17) is 0 Å². The Labute approximate surface area is 180 Å². The van der Waals surface area contributed by atoms with Gasteiger partial charge >= 0.3 is 12.1 Å². The van der Waals surface area contributed by atoms with E-state index in [1.165, 1.54) is 61.8 Å². The van der Waals surface area contributed by atoms with E-state index in [0.717, 1.165) is 12.1 Å². The predicted octanol–water partition coefficient (Wildman–Crippen LogP) is 4.39. The number of ether oxygens (including phenoxy) is 1. The molecule has 1 heterocycles. The monoisotopic (exact) mass is 443 g/mol. The van der Waals surface area contributed by atoms with E-state index >= 15 is 0 Å². The Morgan fingerprint density at radius 2 is 1.47 bits per heavy atom. The number of benzene rings is 2. The fourth-order valence-electron chi connectivity index (χ4n) is 2.67. The highest BCUT2D eigenvalue weighted by atomic mass is 19.4. The fraction of sp³-hybridized carbons (Fsp3) is 0.0909. The molecule has 32 heavy (non-hydrogen) atoms. The van der Waals surface area contributed by atoms with Crippen molar-refractivity contribution in [3.8, 4) is 0 Å². The molecule has 2 N–H and O–H groups in total. The number of nitrogens with one attached hydrogen (secondary N) is 2. The van der Waals surface area contributed by atoms with Crippen LogP contribution < -0.4 is 10.6 Å². The van der Waals surface area contributed by atoms with Gasteiger partial charge in [-0.1, -0.05) is 12.1 Å². The van der Waals surface area contributed by atoms with E-state index < -0.39 is 29.5 Å². The first-order valence-electron chi connectivity index (χ1n) is 9.12. The van der Waals surface area contributed by atoms with Crippen LogP contribution in [0.5, 0.6) is 0 Å². The number of halogens is 3. The van der Waals surface area contributed by atoms with E-state index in [0.29, 0.717) is 0 Å². The molecule has 0 radical (unpaired) electrons. The number of aromatic nitrogens is 1. The number of pyridine rings is 1. The lowest BCUT2D eigenvalue weighted by molar-refractivity contribution is -0.137. The minimum absolute atomic E-state index is 0.0176. The summed E-state index contributed by atoms with van der Waals surface area (Å²) in [6.07, 6.45) is -3.33. The van der Waals surface area contributed by atoms with Crippen molar-refractivity contribution in [1.29, 1.82) is 0 Å². The van der Waals surface area contributed by atoms with Gasteiger partial charge in [0.15, 0.2) is 0 Å². The van der Waals surface area contributed by atoms with E-state index in [1.807, 2.05) is 0 Å². The van der Waals surface area contributed by atoms with E-state index in [1.54, 1.807) is 0 Å². The van der Waals surface area contributed by atoms with Crippen molar-refractivity contribution in [2.45, 2.75) is 6.18 Å². The summed E-state index contributed by atoms with van der Waals surface area (Å²) in [4.78, 5) is 40.1. The molecule has 0 fully saturated rings. The summed E-state index contributed by atoms with van der Waals surface area (Å²) in [5, 5.41) is 4.98. The SMILES string of the molecule is COC(=O)c1ccc(C(=O)Nc2cccc(C(=O)Nc3cccc(C(F)(F)F)c3)c2)cn1. The molecule has 0 spiro atoms. The van der Waals surface area contributed by atoms with Crippen LogP contribution in [0.4, 0.5) is 24.5 Å². The Balaban J connectivity index is 1.70. The summed E-state index contributed by atoms with van der Waals surface area (Å²) < 4.78 is 43.1. The van der Waals surface area contributed by atoms with Crippen LogP contribution in [0, 0.1) is 0 Å². The smallest absolute Gasteiger partial charge is 0.416 e. The quantitative estimate of drug-likeness (QED) is 0.570. The van der Waals surface area contributed by atoms with E-state index in [9.17, 15) is 27.6 Å². The Bertz CT molecular complexity index is 1160. The van der Waals surface area contributed by atoms with Gasteiger partial charge in [-0.3, -0.25) is 9.59 Å². The molecule has 3 aromatic rings. The zero-order chi connectivity index (χ0) is 23.3. The zero-order valence-corrected chi connectivity index (χ0v) is 16.6. The first kappa shape index (κ1) is 22.5. The van der Waals surface area contributed by atoms with Crippen LogP contribution >= 0.6 is 0 Å². The van der Waals surface area contributed by atoms with Crippen molar-refractivity contribution >= 4 is 29.2 Å². The summed E-state index contributed by atoms with van der Waals surface area (Å²) in [5.74, 6) is -1.83. The minimum atomic E-state index is -4.53. The number of esters is 1. The summed E-state index contributed by atoms with van der Waals surface area (Å²) in [5.41, 5.74) is -0.295. The van der Waals surface area contributed by atoms with Gasteiger partial charge in [0.1, 0.15) is 5.69 Å². The third-order valence-electron chi connectivity index (χ3n) is 4.25. The number of carbonyl (C=O) groups is 3. The number of methoxy groups -OCH3 is 1. The van der Waals surface area contributed by atoms with Crippen molar-refractivity contribution < 1.29 is 32.3 Å². The maximum absolute atomic E-state index is 12.8. The minimum Gasteiger partial charge on any atom is -0.464 e. The normalized spacial score (nSPS) is 10.9. The van der Waals surface area contributed by atoms with Gasteiger partial charge in [-0.05, 0) is 48.5 Å². The van der Waals surface area contributed by atoms with Crippen LogP contribution in [0.1, 0.15) is 36.8 Å². The topological polar surface area (TPSA) is 97.4 Å². The Morgan fingerprint density at radius 3 is 2.06 bits per heavy atom. The first-order chi connectivity index (χ1) is 15.2. The molecule has 0 saturated heterocycles. The average Bonchev–Trinajstić information content (AvgIpc) is 2.78. The molecule has 0 aliphatic carbocycles. The molecule has 0 aliphatic heterocycles. The lowest BCUT2D eigenvalue weighted by atomic mass is 10.1. The third-order valence-corrected chi connectivity index (χ3v) is 4.25. The van der Waals surface area contributed by atoms with Crippen LogP contribution in [0.25, 0.3) is 0 Å². The number of nitrogens with zero attached hydrogens (tertiary/aromatic N) is 1. The Hall–Kier alpha value is -4.21. The Kier molecular flexibility index (Phi) is 6.53. The molecular weight excluding hydrogens is 427 g/mol. The maximum Gasteiger partial charge on any atom is 0.416 e. The van der Waals surface area contributed by atoms with Crippen molar-refractivity contribution in [3.63, 3.8) is 0 Å². The summed E-state index contributed by atoms with van der Waals surface area (Å²) in [6, 6.07) is 12.8. The second kappa shape index (κ2) is 9.29. The number of hydrogen-bond donors (Lipinski definition) is 2. The number of carbonyl (C=O) groups excluding carboxylic acids is 3. The van der Waals surface area contributed by atoms with Gasteiger partial charge in [-0.25, -0.2) is 9.78 Å². The van der Waals surface area contributed by atoms with Crippen molar-refractivity contribution in [2.24, 2.45) is 0 Å². The van der Waals surface area contributed by atoms with Gasteiger partial charge in [-0.2, -0.15) is 13.2 Å². The maximum atomic E-state index is 12.8. The molecule has 0 atom stereocenters. The van der Waals surface area contributed by atoms with Crippen LogP contribution in [-0.4, -0.2) is 29.9 Å². The highest BCUT2D eigenvalue weighted by Gasteiger charge is 2.30. The molecule has 0 aliphatic rings. The fourth-order valence-corrected chi connectivity index (χ4v) is 2.67. The van der Waals surface area contributed by atoms with Crippen LogP contribution in [0.15, 0.2) is 66.9 Å². The summed E-state index contributed by atoms with van der Waals surface area (Å²) in [7, 11) is 1.21. The van der Waals surface area contributed by atoms with Crippen LogP contribution in [0.3, 0.4) is 0 Å². The second-order valence-corrected chi connectivity index (χ2v) is 6.49. The molecule has 10 heteroatoms. The van der Waals surface area contributed by atoms with Gasteiger partial charge in [0.2, 0.25) is 0 Å². The first-order valence-corrected chi connectivity index (χ1v) is 9.12. The van der Waals surface area contributed by atoms with Crippen molar-refractivity contribution in [3.05, 3.63) is 89.2 Å². The number of anilines is 2. The molecule has 0 bridgehead atoms. The number of alkyl halides is 3. The molecular formula is C22H16F3N3O4. The molecule has 7 nitrogen and oxygen atoms in total. The zero-order valence-electron chi connectivity index (χ0n) is 16.6. The molecule has 0 unspecified atom stereocenters. The highest BCUT2D eigenvalue weighted by Crippen LogP contribution is 2.30. The lowest BCUT2D eigenvalue weighted by Gasteiger charge is -2.11. The second-order valence-electron chi connectivity index (χ2n) is 6.49. The Morgan fingerprint density at radius 1 is 0.844 bits per heavy atom. The van der Waals surface area contributed by atoms with Gasteiger partial charge < -0.3 is 15.4 Å². The summed E-state index contributed by atoms with van der Waals surface area (Å²) >= 11 is 0. The summed E-state index contributed by atoms with van der Waals surface area (Å²) in [6.45, 7) is 0. The molecule has 0 saturated carbocycles. The number of amides is 2. The largest absolute Gasteiger partial charge is 0.464 e. The van der Waals surface area contributed by atoms with Gasteiger partial charge in [0, 0.05) is 23.1 Å². The highest BCUT2D eigenvalue weighted by molar-refractivity contribution is 6.07. The average molecular weight is 443 g/mol. The number of hydrogen-bond acceptors (Lipinski definition) is 5. The molecule has 2 aromatic carbocycles. The van der Waals surface area contributed by atoms with Crippen molar-refractivity contribution in [2.75, 3.05) is 17.7 Å². The van der Waals surface area contributed by atoms with Gasteiger partial charge in [0.05, 0.1) is 18.2 Å². The molecule has 3 rings (SSSR count). The van der Waals surface area contributed by atoms with Gasteiger partial charge in [-0.15, -0.1) is 0 Å². The van der Waals surface area contributed by atoms with Crippen LogP contribution in [-0.2, 0) is 10.9 Å². The van der Waals surface area contributed by atoms with Crippen molar-refractivity contribution in [1.82, 2.24) is 4.98 Å². The number of rotatable bonds is 5. The predicted molar refractivity (Wildman–Crippen MR) is 109 cm³/mol. The van der Waals surface area contributed by atoms with E-state index in [2.05, 4.69) is 20.4 Å². The molecule has 1 aromatic heterocycles. The standard InChI is InChI=1S/C22H16F3N3O4/c1-32-21(31)18-9-8-14(12-26-18)20(30)27-16-6-2-4-13(10-16)19(29)28-17-7-3-5-15(11-17)22(23,24)25/h2-12H,1H3,(H,27,30)(H,28,29). The molecule has 164 valence electrons. The van der Waals surface area contributed by atoms with E-state index in [-0.39, 0.29) is 28.2 Å². The molecule has 2 amide bonds.